The first kappa shape index (κ1) is 15.7. The van der Waals surface area contributed by atoms with Gasteiger partial charge in [0.15, 0.2) is 9.84 Å². The highest BCUT2D eigenvalue weighted by Crippen LogP contribution is 2.14. The van der Waals surface area contributed by atoms with E-state index in [2.05, 4.69) is 17.2 Å². The van der Waals surface area contributed by atoms with Crippen molar-refractivity contribution in [3.05, 3.63) is 45.9 Å². The van der Waals surface area contributed by atoms with Gasteiger partial charge in [-0.25, -0.2) is 13.4 Å². The Kier molecular flexibility index (Phi) is 4.74. The zero-order chi connectivity index (χ0) is 15.5. The molecule has 2 rings (SSSR count). The lowest BCUT2D eigenvalue weighted by molar-refractivity contribution is 0.0951. The van der Waals surface area contributed by atoms with Crippen molar-refractivity contribution >= 4 is 27.1 Å². The standard InChI is InChI=1S/C14H16N2O3S2/c1-3-11-8-15-13(20-11)9-16-14(17)10-4-6-12(7-5-10)21(2,18)19/h4-8H,3,9H2,1-2H3,(H,16,17). The molecule has 1 N–H and O–H groups in total. The van der Waals surface area contributed by atoms with Crippen LogP contribution in [0.5, 0.6) is 0 Å². The Morgan fingerprint density at radius 2 is 1.95 bits per heavy atom. The number of hydrogen-bond donors (Lipinski definition) is 1. The minimum absolute atomic E-state index is 0.201. The molecule has 1 amide bonds. The lowest BCUT2D eigenvalue weighted by atomic mass is 10.2. The molecule has 0 atom stereocenters. The van der Waals surface area contributed by atoms with E-state index in [1.165, 1.54) is 29.1 Å². The lowest BCUT2D eigenvalue weighted by Crippen LogP contribution is -2.22. The SMILES string of the molecule is CCc1cnc(CNC(=O)c2ccc(S(C)(=O)=O)cc2)s1. The van der Waals surface area contributed by atoms with E-state index in [-0.39, 0.29) is 10.8 Å². The van der Waals surface area contributed by atoms with Gasteiger partial charge >= 0.3 is 0 Å². The van der Waals surface area contributed by atoms with Gasteiger partial charge in [0.1, 0.15) is 5.01 Å². The van der Waals surface area contributed by atoms with Crippen molar-refractivity contribution in [1.82, 2.24) is 10.3 Å². The monoisotopic (exact) mass is 324 g/mol. The number of hydrogen-bond acceptors (Lipinski definition) is 5. The second-order valence-corrected chi connectivity index (χ2v) is 7.77. The molecule has 2 aromatic rings. The Balaban J connectivity index is 2.00. The minimum Gasteiger partial charge on any atom is -0.346 e. The zero-order valence-electron chi connectivity index (χ0n) is 11.8. The molecule has 0 saturated carbocycles. The highest BCUT2D eigenvalue weighted by Gasteiger charge is 2.10. The Hall–Kier alpha value is -1.73. The molecule has 0 bridgehead atoms. The number of aryl methyl sites for hydroxylation is 1. The van der Waals surface area contributed by atoms with Gasteiger partial charge in [-0.2, -0.15) is 0 Å². The summed E-state index contributed by atoms with van der Waals surface area (Å²) < 4.78 is 22.7. The van der Waals surface area contributed by atoms with Crippen molar-refractivity contribution in [2.75, 3.05) is 6.26 Å². The summed E-state index contributed by atoms with van der Waals surface area (Å²) in [6, 6.07) is 5.88. The van der Waals surface area contributed by atoms with Gasteiger partial charge in [0.05, 0.1) is 11.4 Å². The number of carbonyl (C=O) groups is 1. The number of nitrogens with one attached hydrogen (secondary N) is 1. The molecular weight excluding hydrogens is 308 g/mol. The summed E-state index contributed by atoms with van der Waals surface area (Å²) in [6.45, 7) is 2.43. The molecule has 0 aliphatic carbocycles. The zero-order valence-corrected chi connectivity index (χ0v) is 13.4. The average molecular weight is 324 g/mol. The Morgan fingerprint density at radius 1 is 1.29 bits per heavy atom. The molecule has 0 radical (unpaired) electrons. The summed E-state index contributed by atoms with van der Waals surface area (Å²) in [7, 11) is -3.24. The number of carbonyl (C=O) groups excluding carboxylic acids is 1. The topological polar surface area (TPSA) is 76.1 Å². The lowest BCUT2D eigenvalue weighted by Gasteiger charge is -2.04. The second-order valence-electron chi connectivity index (χ2n) is 4.55. The molecule has 5 nitrogen and oxygen atoms in total. The van der Waals surface area contributed by atoms with Crippen LogP contribution in [0.15, 0.2) is 35.4 Å². The predicted octanol–water partition coefficient (Wildman–Crippen LogP) is 2.04. The van der Waals surface area contributed by atoms with Crippen LogP contribution in [0.1, 0.15) is 27.2 Å². The largest absolute Gasteiger partial charge is 0.346 e. The third-order valence-electron chi connectivity index (χ3n) is 2.89. The van der Waals surface area contributed by atoms with Gasteiger partial charge in [-0.15, -0.1) is 11.3 Å². The van der Waals surface area contributed by atoms with Crippen molar-refractivity contribution in [2.24, 2.45) is 0 Å². The van der Waals surface area contributed by atoms with E-state index in [0.717, 1.165) is 17.7 Å². The number of rotatable bonds is 5. The quantitative estimate of drug-likeness (QED) is 0.913. The summed E-state index contributed by atoms with van der Waals surface area (Å²) in [6.07, 6.45) is 3.88. The second kappa shape index (κ2) is 6.36. The molecule has 21 heavy (non-hydrogen) atoms. The van der Waals surface area contributed by atoms with Crippen molar-refractivity contribution in [1.29, 1.82) is 0 Å². The van der Waals surface area contributed by atoms with E-state index < -0.39 is 9.84 Å². The maximum absolute atomic E-state index is 12.0. The molecule has 0 saturated heterocycles. The first-order valence-electron chi connectivity index (χ1n) is 6.42. The molecule has 0 spiro atoms. The summed E-state index contributed by atoms with van der Waals surface area (Å²) in [5.74, 6) is -0.247. The fourth-order valence-electron chi connectivity index (χ4n) is 1.70. The average Bonchev–Trinajstić information content (AvgIpc) is 2.92. The van der Waals surface area contributed by atoms with Crippen LogP contribution in [0.2, 0.25) is 0 Å². The maximum Gasteiger partial charge on any atom is 0.251 e. The number of aromatic nitrogens is 1. The van der Waals surface area contributed by atoms with Crippen LogP contribution in [-0.2, 0) is 22.8 Å². The van der Waals surface area contributed by atoms with E-state index in [1.807, 2.05) is 6.20 Å². The third kappa shape index (κ3) is 4.12. The Labute approximate surface area is 128 Å². The van der Waals surface area contributed by atoms with Crippen LogP contribution in [0, 0.1) is 0 Å². The molecule has 0 unspecified atom stereocenters. The van der Waals surface area contributed by atoms with Crippen LogP contribution < -0.4 is 5.32 Å². The minimum atomic E-state index is -3.24. The van der Waals surface area contributed by atoms with Crippen LogP contribution in [0.3, 0.4) is 0 Å². The molecule has 0 aliphatic heterocycles. The summed E-state index contributed by atoms with van der Waals surface area (Å²) in [5.41, 5.74) is 0.426. The molecule has 0 fully saturated rings. The van der Waals surface area contributed by atoms with E-state index in [4.69, 9.17) is 0 Å². The van der Waals surface area contributed by atoms with Gasteiger partial charge in [0, 0.05) is 22.9 Å². The van der Waals surface area contributed by atoms with Crippen LogP contribution >= 0.6 is 11.3 Å². The van der Waals surface area contributed by atoms with Gasteiger partial charge < -0.3 is 5.32 Å². The van der Waals surface area contributed by atoms with Crippen molar-refractivity contribution in [2.45, 2.75) is 24.8 Å². The first-order valence-corrected chi connectivity index (χ1v) is 9.13. The molecule has 0 aliphatic rings. The van der Waals surface area contributed by atoms with Crippen LogP contribution in [-0.4, -0.2) is 25.6 Å². The number of benzene rings is 1. The number of amides is 1. The summed E-state index contributed by atoms with van der Waals surface area (Å²) in [4.78, 5) is 17.6. The van der Waals surface area contributed by atoms with Gasteiger partial charge in [-0.1, -0.05) is 6.92 Å². The summed E-state index contributed by atoms with van der Waals surface area (Å²) in [5, 5.41) is 3.62. The van der Waals surface area contributed by atoms with Crippen LogP contribution in [0.4, 0.5) is 0 Å². The van der Waals surface area contributed by atoms with Crippen molar-refractivity contribution in [3.63, 3.8) is 0 Å². The van der Waals surface area contributed by atoms with E-state index in [0.29, 0.717) is 12.1 Å². The maximum atomic E-state index is 12.0. The highest BCUT2D eigenvalue weighted by atomic mass is 32.2. The third-order valence-corrected chi connectivity index (χ3v) is 5.16. The molecule has 1 aromatic carbocycles. The number of nitrogens with zero attached hydrogens (tertiary/aromatic N) is 1. The van der Waals surface area contributed by atoms with E-state index >= 15 is 0 Å². The number of thiazole rings is 1. The van der Waals surface area contributed by atoms with Gasteiger partial charge in [-0.3, -0.25) is 4.79 Å². The smallest absolute Gasteiger partial charge is 0.251 e. The number of sulfone groups is 1. The fourth-order valence-corrected chi connectivity index (χ4v) is 3.14. The van der Waals surface area contributed by atoms with Gasteiger partial charge in [-0.05, 0) is 30.7 Å². The predicted molar refractivity (Wildman–Crippen MR) is 82.2 cm³/mol. The fraction of sp³-hybridized carbons (Fsp3) is 0.286. The van der Waals surface area contributed by atoms with Crippen molar-refractivity contribution < 1.29 is 13.2 Å². The van der Waals surface area contributed by atoms with Gasteiger partial charge in [0.2, 0.25) is 0 Å². The molecule has 1 heterocycles. The molecule has 112 valence electrons. The van der Waals surface area contributed by atoms with Crippen LogP contribution in [0.25, 0.3) is 0 Å². The molecular formula is C14H16N2O3S2. The Bertz CT molecular complexity index is 734. The molecule has 1 aromatic heterocycles. The van der Waals surface area contributed by atoms with Gasteiger partial charge in [0.25, 0.3) is 5.91 Å². The van der Waals surface area contributed by atoms with Crippen molar-refractivity contribution in [3.8, 4) is 0 Å². The normalized spacial score (nSPS) is 11.3. The summed E-state index contributed by atoms with van der Waals surface area (Å²) >= 11 is 1.57. The first-order chi connectivity index (χ1) is 9.90. The van der Waals surface area contributed by atoms with E-state index in [1.54, 1.807) is 11.3 Å². The highest BCUT2D eigenvalue weighted by molar-refractivity contribution is 7.90. The Morgan fingerprint density at radius 3 is 2.48 bits per heavy atom. The van der Waals surface area contributed by atoms with E-state index in [9.17, 15) is 13.2 Å². The molecule has 7 heteroatoms.